The molecule has 0 unspecified atom stereocenters. The van der Waals surface area contributed by atoms with Crippen LogP contribution in [0.25, 0.3) is 0 Å². The van der Waals surface area contributed by atoms with Crippen LogP contribution < -0.4 is 5.69 Å². The van der Waals surface area contributed by atoms with Crippen molar-refractivity contribution < 1.29 is 4.39 Å². The molecule has 0 fully saturated rings. The summed E-state index contributed by atoms with van der Waals surface area (Å²) in [6.45, 7) is 2.32. The van der Waals surface area contributed by atoms with Crippen molar-refractivity contribution in [3.8, 4) is 0 Å². The zero-order valence-corrected chi connectivity index (χ0v) is 9.27. The zero-order valence-electron chi connectivity index (χ0n) is 9.27. The molecule has 0 radical (unpaired) electrons. The van der Waals surface area contributed by atoms with E-state index in [4.69, 9.17) is 0 Å². The molecule has 2 aromatic rings. The normalized spacial score (nSPS) is 10.7. The van der Waals surface area contributed by atoms with Crippen LogP contribution in [0.1, 0.15) is 11.1 Å². The molecule has 2 rings (SSSR count). The fraction of sp³-hybridized carbons (Fsp3) is 0.250. The van der Waals surface area contributed by atoms with Gasteiger partial charge in [0.25, 0.3) is 0 Å². The highest BCUT2D eigenvalue weighted by molar-refractivity contribution is 5.26. The number of aromatic nitrogens is 2. The van der Waals surface area contributed by atoms with E-state index in [1.807, 2.05) is 6.92 Å². The van der Waals surface area contributed by atoms with Crippen LogP contribution >= 0.6 is 0 Å². The molecule has 0 bridgehead atoms. The molecule has 0 N–H and O–H groups in total. The third kappa shape index (κ3) is 1.91. The predicted octanol–water partition coefficient (Wildman–Crippen LogP) is 1.68. The summed E-state index contributed by atoms with van der Waals surface area (Å²) in [5, 5.41) is 0. The Morgan fingerprint density at radius 3 is 2.62 bits per heavy atom. The first-order valence-electron chi connectivity index (χ1n) is 5.05. The van der Waals surface area contributed by atoms with Crippen LogP contribution in [0.5, 0.6) is 0 Å². The maximum absolute atomic E-state index is 12.9. The molecule has 0 saturated carbocycles. The van der Waals surface area contributed by atoms with Crippen LogP contribution in [-0.4, -0.2) is 9.13 Å². The number of nitrogens with zero attached hydrogens (tertiary/aromatic N) is 2. The number of aryl methyl sites for hydroxylation is 2. The molecule has 0 aliphatic carbocycles. The molecular formula is C12H13FN2O. The van der Waals surface area contributed by atoms with Gasteiger partial charge in [0.2, 0.25) is 0 Å². The second-order valence-corrected chi connectivity index (χ2v) is 3.89. The lowest BCUT2D eigenvalue weighted by atomic mass is 10.1. The Morgan fingerprint density at radius 1 is 1.31 bits per heavy atom. The van der Waals surface area contributed by atoms with E-state index >= 15 is 0 Å². The summed E-state index contributed by atoms with van der Waals surface area (Å²) in [6, 6.07) is 4.60. The Labute approximate surface area is 92.8 Å². The molecule has 1 heterocycles. The Morgan fingerprint density at radius 2 is 2.06 bits per heavy atom. The van der Waals surface area contributed by atoms with Crippen LogP contribution in [0.15, 0.2) is 35.4 Å². The number of imidazole rings is 1. The maximum Gasteiger partial charge on any atom is 0.328 e. The second-order valence-electron chi connectivity index (χ2n) is 3.89. The van der Waals surface area contributed by atoms with Crippen molar-refractivity contribution in [1.82, 2.24) is 9.13 Å². The van der Waals surface area contributed by atoms with E-state index < -0.39 is 0 Å². The highest BCUT2D eigenvalue weighted by atomic mass is 19.1. The average Bonchev–Trinajstić information content (AvgIpc) is 2.54. The van der Waals surface area contributed by atoms with Gasteiger partial charge in [0.05, 0.1) is 6.54 Å². The summed E-state index contributed by atoms with van der Waals surface area (Å²) in [4.78, 5) is 11.6. The summed E-state index contributed by atoms with van der Waals surface area (Å²) in [7, 11) is 1.70. The first kappa shape index (κ1) is 10.7. The van der Waals surface area contributed by atoms with Crippen molar-refractivity contribution in [2.45, 2.75) is 13.5 Å². The Hall–Kier alpha value is -1.84. The first-order chi connectivity index (χ1) is 7.58. The average molecular weight is 220 g/mol. The molecule has 0 atom stereocenters. The van der Waals surface area contributed by atoms with Crippen LogP contribution in [0.2, 0.25) is 0 Å². The van der Waals surface area contributed by atoms with E-state index in [1.165, 1.54) is 16.7 Å². The number of benzene rings is 1. The Bertz CT molecular complexity index is 569. The van der Waals surface area contributed by atoms with Crippen LogP contribution in [-0.2, 0) is 13.6 Å². The number of hydrogen-bond donors (Lipinski definition) is 0. The van der Waals surface area contributed by atoms with E-state index in [1.54, 1.807) is 30.1 Å². The maximum atomic E-state index is 12.9. The quantitative estimate of drug-likeness (QED) is 0.756. The molecule has 0 spiro atoms. The predicted molar refractivity (Wildman–Crippen MR) is 59.9 cm³/mol. The van der Waals surface area contributed by atoms with Gasteiger partial charge in [-0.05, 0) is 30.2 Å². The minimum absolute atomic E-state index is 0.0660. The Kier molecular flexibility index (Phi) is 2.64. The molecule has 0 saturated heterocycles. The van der Waals surface area contributed by atoms with E-state index in [9.17, 15) is 9.18 Å². The van der Waals surface area contributed by atoms with Gasteiger partial charge in [-0.1, -0.05) is 6.07 Å². The summed E-state index contributed by atoms with van der Waals surface area (Å²) in [6.07, 6.45) is 3.44. The van der Waals surface area contributed by atoms with Gasteiger partial charge in [-0.3, -0.25) is 4.57 Å². The van der Waals surface area contributed by atoms with Gasteiger partial charge in [-0.2, -0.15) is 0 Å². The first-order valence-corrected chi connectivity index (χ1v) is 5.05. The lowest BCUT2D eigenvalue weighted by Crippen LogP contribution is -2.22. The molecule has 1 aromatic carbocycles. The fourth-order valence-corrected chi connectivity index (χ4v) is 1.65. The monoisotopic (exact) mass is 220 g/mol. The van der Waals surface area contributed by atoms with Gasteiger partial charge in [-0.15, -0.1) is 0 Å². The summed E-state index contributed by atoms with van der Waals surface area (Å²) < 4.78 is 16.0. The van der Waals surface area contributed by atoms with Gasteiger partial charge < -0.3 is 4.57 Å². The van der Waals surface area contributed by atoms with Gasteiger partial charge in [-0.25, -0.2) is 9.18 Å². The van der Waals surface area contributed by atoms with E-state index in [-0.39, 0.29) is 11.5 Å². The van der Waals surface area contributed by atoms with Crippen molar-refractivity contribution in [2.24, 2.45) is 7.05 Å². The summed E-state index contributed by atoms with van der Waals surface area (Å²) in [5.41, 5.74) is 1.74. The van der Waals surface area contributed by atoms with Crippen LogP contribution in [0, 0.1) is 12.7 Å². The fourth-order valence-electron chi connectivity index (χ4n) is 1.65. The molecule has 16 heavy (non-hydrogen) atoms. The third-order valence-electron chi connectivity index (χ3n) is 2.66. The number of rotatable bonds is 2. The minimum Gasteiger partial charge on any atom is -0.302 e. The van der Waals surface area contributed by atoms with Crippen molar-refractivity contribution in [3.05, 3.63) is 58.0 Å². The van der Waals surface area contributed by atoms with E-state index in [0.717, 1.165) is 11.1 Å². The lowest BCUT2D eigenvalue weighted by molar-refractivity contribution is 0.624. The molecular weight excluding hydrogens is 207 g/mol. The molecule has 0 amide bonds. The molecule has 84 valence electrons. The zero-order chi connectivity index (χ0) is 11.7. The standard InChI is InChI=1S/C12H13FN2O/c1-9-7-11(13)4-3-10(9)8-15-6-5-14(2)12(15)16/h3-7H,8H2,1-2H3. The lowest BCUT2D eigenvalue weighted by Gasteiger charge is -2.05. The van der Waals surface area contributed by atoms with E-state index in [2.05, 4.69) is 0 Å². The van der Waals surface area contributed by atoms with Gasteiger partial charge in [0, 0.05) is 19.4 Å². The summed E-state index contributed by atoms with van der Waals surface area (Å²) >= 11 is 0. The molecule has 4 heteroatoms. The summed E-state index contributed by atoms with van der Waals surface area (Å²) in [5.74, 6) is -0.248. The minimum atomic E-state index is -0.248. The van der Waals surface area contributed by atoms with Gasteiger partial charge in [0.15, 0.2) is 0 Å². The van der Waals surface area contributed by atoms with E-state index in [0.29, 0.717) is 6.54 Å². The van der Waals surface area contributed by atoms with Crippen molar-refractivity contribution >= 4 is 0 Å². The van der Waals surface area contributed by atoms with Crippen molar-refractivity contribution in [3.63, 3.8) is 0 Å². The van der Waals surface area contributed by atoms with Gasteiger partial charge in [0.1, 0.15) is 5.82 Å². The van der Waals surface area contributed by atoms with Crippen molar-refractivity contribution in [2.75, 3.05) is 0 Å². The Balaban J connectivity index is 2.34. The highest BCUT2D eigenvalue weighted by Crippen LogP contribution is 2.10. The smallest absolute Gasteiger partial charge is 0.302 e. The largest absolute Gasteiger partial charge is 0.328 e. The highest BCUT2D eigenvalue weighted by Gasteiger charge is 2.04. The van der Waals surface area contributed by atoms with Crippen LogP contribution in [0.4, 0.5) is 4.39 Å². The third-order valence-corrected chi connectivity index (χ3v) is 2.66. The second kappa shape index (κ2) is 3.96. The van der Waals surface area contributed by atoms with Gasteiger partial charge >= 0.3 is 5.69 Å². The molecule has 3 nitrogen and oxygen atoms in total. The molecule has 0 aliphatic heterocycles. The number of hydrogen-bond acceptors (Lipinski definition) is 1. The SMILES string of the molecule is Cc1cc(F)ccc1Cn1ccn(C)c1=O. The number of halogens is 1. The molecule has 1 aromatic heterocycles. The van der Waals surface area contributed by atoms with Crippen LogP contribution in [0.3, 0.4) is 0 Å². The molecule has 0 aliphatic rings. The topological polar surface area (TPSA) is 26.9 Å². The van der Waals surface area contributed by atoms with Crippen molar-refractivity contribution in [1.29, 1.82) is 0 Å².